The van der Waals surface area contributed by atoms with Gasteiger partial charge in [-0.2, -0.15) is 5.10 Å². The molecule has 0 aliphatic heterocycles. The normalized spacial score (nSPS) is 10.7. The van der Waals surface area contributed by atoms with E-state index in [0.29, 0.717) is 17.2 Å². The van der Waals surface area contributed by atoms with Crippen LogP contribution in [-0.4, -0.2) is 18.2 Å². The van der Waals surface area contributed by atoms with Crippen LogP contribution in [0.1, 0.15) is 11.1 Å². The Kier molecular flexibility index (Phi) is 6.36. The van der Waals surface area contributed by atoms with E-state index in [1.165, 1.54) is 24.3 Å². The van der Waals surface area contributed by atoms with Gasteiger partial charge in [-0.3, -0.25) is 15.5 Å². The van der Waals surface area contributed by atoms with Gasteiger partial charge in [-0.15, -0.1) is 0 Å². The monoisotopic (exact) mass is 395 g/mol. The zero-order valence-corrected chi connectivity index (χ0v) is 15.5. The number of benzene rings is 3. The number of nitro benzene ring substituents is 1. The Morgan fingerprint density at radius 3 is 2.48 bits per heavy atom. The van der Waals surface area contributed by atoms with E-state index in [-0.39, 0.29) is 18.1 Å². The summed E-state index contributed by atoms with van der Waals surface area (Å²) in [4.78, 5) is 10.2. The average Bonchev–Trinajstić information content (AvgIpc) is 2.74. The lowest BCUT2D eigenvalue weighted by molar-refractivity contribution is -0.384. The van der Waals surface area contributed by atoms with E-state index in [0.717, 1.165) is 11.1 Å². The predicted octanol–water partition coefficient (Wildman–Crippen LogP) is 4.77. The summed E-state index contributed by atoms with van der Waals surface area (Å²) < 4.78 is 24.0. The molecule has 3 rings (SSSR count). The topological polar surface area (TPSA) is 86.0 Å². The Balaban J connectivity index is 1.66. The van der Waals surface area contributed by atoms with Crippen molar-refractivity contribution in [1.82, 2.24) is 0 Å². The van der Waals surface area contributed by atoms with Gasteiger partial charge in [0.05, 0.1) is 23.9 Å². The molecule has 0 aliphatic carbocycles. The van der Waals surface area contributed by atoms with Crippen LogP contribution in [-0.2, 0) is 6.61 Å². The fourth-order valence-corrected chi connectivity index (χ4v) is 2.52. The number of halogens is 1. The zero-order chi connectivity index (χ0) is 20.6. The summed E-state index contributed by atoms with van der Waals surface area (Å²) in [5, 5.41) is 14.8. The number of hydrazone groups is 1. The Morgan fingerprint density at radius 1 is 1.10 bits per heavy atom. The summed E-state index contributed by atoms with van der Waals surface area (Å²) in [5.74, 6) is 0.883. The number of hydrogen-bond donors (Lipinski definition) is 1. The molecule has 7 nitrogen and oxygen atoms in total. The van der Waals surface area contributed by atoms with Crippen molar-refractivity contribution in [2.75, 3.05) is 12.5 Å². The van der Waals surface area contributed by atoms with Gasteiger partial charge in [0.2, 0.25) is 0 Å². The van der Waals surface area contributed by atoms with Crippen molar-refractivity contribution in [2.24, 2.45) is 5.10 Å². The van der Waals surface area contributed by atoms with E-state index < -0.39 is 4.92 Å². The minimum atomic E-state index is -0.458. The van der Waals surface area contributed by atoms with Crippen LogP contribution >= 0.6 is 0 Å². The highest BCUT2D eigenvalue weighted by Crippen LogP contribution is 2.22. The number of rotatable bonds is 8. The van der Waals surface area contributed by atoms with Crippen molar-refractivity contribution in [1.29, 1.82) is 0 Å². The number of nitro groups is 1. The van der Waals surface area contributed by atoms with Gasteiger partial charge in [0.25, 0.3) is 5.69 Å². The second-order valence-corrected chi connectivity index (χ2v) is 5.99. The van der Waals surface area contributed by atoms with Crippen LogP contribution in [0.5, 0.6) is 11.5 Å². The number of methoxy groups -OCH3 is 1. The van der Waals surface area contributed by atoms with Gasteiger partial charge >= 0.3 is 0 Å². The molecule has 0 fully saturated rings. The molecule has 1 N–H and O–H groups in total. The van der Waals surface area contributed by atoms with Crippen molar-refractivity contribution in [2.45, 2.75) is 6.61 Å². The van der Waals surface area contributed by atoms with Crippen molar-refractivity contribution in [3.8, 4) is 11.5 Å². The summed E-state index contributed by atoms with van der Waals surface area (Å²) >= 11 is 0. The van der Waals surface area contributed by atoms with E-state index in [9.17, 15) is 14.5 Å². The van der Waals surface area contributed by atoms with Gasteiger partial charge in [-0.1, -0.05) is 0 Å². The molecule has 148 valence electrons. The van der Waals surface area contributed by atoms with Crippen molar-refractivity contribution in [3.05, 3.63) is 93.8 Å². The van der Waals surface area contributed by atoms with Crippen LogP contribution in [0.4, 0.5) is 15.8 Å². The quantitative estimate of drug-likeness (QED) is 0.337. The molecular weight excluding hydrogens is 377 g/mol. The van der Waals surface area contributed by atoms with Gasteiger partial charge in [-0.25, -0.2) is 4.39 Å². The van der Waals surface area contributed by atoms with Crippen LogP contribution in [0.3, 0.4) is 0 Å². The lowest BCUT2D eigenvalue weighted by Crippen LogP contribution is -2.00. The third-order valence-electron chi connectivity index (χ3n) is 4.00. The fourth-order valence-electron chi connectivity index (χ4n) is 2.52. The summed E-state index contributed by atoms with van der Waals surface area (Å²) in [6.07, 6.45) is 1.61. The molecule has 29 heavy (non-hydrogen) atoms. The summed E-state index contributed by atoms with van der Waals surface area (Å²) in [6.45, 7) is 0.242. The van der Waals surface area contributed by atoms with Gasteiger partial charge in [0.1, 0.15) is 23.9 Å². The molecule has 0 aromatic heterocycles. The molecule has 0 radical (unpaired) electrons. The van der Waals surface area contributed by atoms with Gasteiger partial charge in [0.15, 0.2) is 0 Å². The molecule has 0 amide bonds. The molecule has 3 aromatic carbocycles. The molecule has 0 saturated heterocycles. The third-order valence-corrected chi connectivity index (χ3v) is 4.00. The number of nitrogens with one attached hydrogen (secondary N) is 1. The third kappa shape index (κ3) is 5.52. The molecule has 0 atom stereocenters. The molecule has 0 heterocycles. The molecule has 0 spiro atoms. The van der Waals surface area contributed by atoms with Crippen LogP contribution < -0.4 is 14.9 Å². The Bertz CT molecular complexity index is 1010. The Morgan fingerprint density at radius 2 is 1.83 bits per heavy atom. The predicted molar refractivity (Wildman–Crippen MR) is 108 cm³/mol. The number of non-ortho nitro benzene ring substituents is 1. The lowest BCUT2D eigenvalue weighted by Gasteiger charge is -2.11. The standard InChI is InChI=1S/C21H18FN3O4/c1-28-21-11-2-15(12-16(21)14-29-20-9-3-17(22)4-10-20)13-23-24-18-5-7-19(8-6-18)25(26)27/h2-13,24H,14H2,1H3. The highest BCUT2D eigenvalue weighted by Gasteiger charge is 2.06. The first-order chi connectivity index (χ1) is 14.0. The zero-order valence-electron chi connectivity index (χ0n) is 15.5. The van der Waals surface area contributed by atoms with E-state index in [2.05, 4.69) is 10.5 Å². The molecule has 0 unspecified atom stereocenters. The highest BCUT2D eigenvalue weighted by molar-refractivity contribution is 5.81. The van der Waals surface area contributed by atoms with E-state index in [1.807, 2.05) is 12.1 Å². The largest absolute Gasteiger partial charge is 0.496 e. The van der Waals surface area contributed by atoms with Crippen molar-refractivity contribution in [3.63, 3.8) is 0 Å². The summed E-state index contributed by atoms with van der Waals surface area (Å²) in [6, 6.07) is 17.2. The van der Waals surface area contributed by atoms with Gasteiger partial charge in [0, 0.05) is 17.7 Å². The van der Waals surface area contributed by atoms with Crippen LogP contribution in [0.25, 0.3) is 0 Å². The lowest BCUT2D eigenvalue weighted by atomic mass is 10.1. The number of anilines is 1. The van der Waals surface area contributed by atoms with E-state index in [4.69, 9.17) is 9.47 Å². The maximum atomic E-state index is 13.0. The van der Waals surface area contributed by atoms with Crippen LogP contribution in [0.2, 0.25) is 0 Å². The number of nitrogens with zero attached hydrogens (tertiary/aromatic N) is 2. The first kappa shape index (κ1) is 19.8. The van der Waals surface area contributed by atoms with Crippen molar-refractivity contribution >= 4 is 17.6 Å². The van der Waals surface area contributed by atoms with Gasteiger partial charge < -0.3 is 9.47 Å². The molecule has 0 aliphatic rings. The number of ether oxygens (including phenoxy) is 2. The minimum absolute atomic E-state index is 0.0143. The molecule has 0 saturated carbocycles. The molecule has 3 aromatic rings. The smallest absolute Gasteiger partial charge is 0.269 e. The van der Waals surface area contributed by atoms with E-state index >= 15 is 0 Å². The maximum Gasteiger partial charge on any atom is 0.269 e. The second kappa shape index (κ2) is 9.32. The van der Waals surface area contributed by atoms with Gasteiger partial charge in [-0.05, 0) is 60.2 Å². The highest BCUT2D eigenvalue weighted by atomic mass is 19.1. The summed E-state index contributed by atoms with van der Waals surface area (Å²) in [5.41, 5.74) is 5.06. The van der Waals surface area contributed by atoms with Crippen LogP contribution in [0, 0.1) is 15.9 Å². The Hall–Kier alpha value is -3.94. The Labute approximate surface area is 166 Å². The molecule has 0 bridgehead atoms. The fraction of sp³-hybridized carbons (Fsp3) is 0.0952. The van der Waals surface area contributed by atoms with Crippen molar-refractivity contribution < 1.29 is 18.8 Å². The SMILES string of the molecule is COc1ccc(C=NNc2ccc([N+](=O)[O-])cc2)cc1COc1ccc(F)cc1. The maximum absolute atomic E-state index is 13.0. The average molecular weight is 395 g/mol. The number of hydrogen-bond acceptors (Lipinski definition) is 6. The molecular formula is C21H18FN3O4. The first-order valence-electron chi connectivity index (χ1n) is 8.64. The first-order valence-corrected chi connectivity index (χ1v) is 8.64. The minimum Gasteiger partial charge on any atom is -0.496 e. The second-order valence-electron chi connectivity index (χ2n) is 5.99. The summed E-state index contributed by atoms with van der Waals surface area (Å²) in [7, 11) is 1.57. The molecule has 8 heteroatoms. The van der Waals surface area contributed by atoms with E-state index in [1.54, 1.807) is 43.7 Å². The van der Waals surface area contributed by atoms with Crippen LogP contribution in [0.15, 0.2) is 71.8 Å².